The Morgan fingerprint density at radius 2 is 1.46 bits per heavy atom. The van der Waals surface area contributed by atoms with Gasteiger partial charge in [-0.05, 0) is 56.2 Å². The fourth-order valence-corrected chi connectivity index (χ4v) is 2.26. The van der Waals surface area contributed by atoms with E-state index in [0.717, 1.165) is 11.1 Å². The summed E-state index contributed by atoms with van der Waals surface area (Å²) in [5.41, 5.74) is 1.88. The highest BCUT2D eigenvalue weighted by Gasteiger charge is 2.13. The molecule has 0 saturated carbocycles. The number of carbonyl (C=O) groups is 1. The third-order valence-corrected chi connectivity index (χ3v) is 3.38. The van der Waals surface area contributed by atoms with Crippen LogP contribution in [0.25, 0.3) is 0 Å². The molecule has 0 unspecified atom stereocenters. The Hall–Kier alpha value is -2.11. The Morgan fingerprint density at radius 3 is 1.96 bits per heavy atom. The number of nitrogens with one attached hydrogen (secondary N) is 2. The number of benzene rings is 2. The molecule has 2 aromatic rings. The average Bonchev–Trinajstić information content (AvgIpc) is 2.54. The maximum atomic E-state index is 12.8. The third-order valence-electron chi connectivity index (χ3n) is 3.38. The van der Waals surface area contributed by atoms with Crippen LogP contribution in [0.5, 0.6) is 5.75 Å². The predicted molar refractivity (Wildman–Crippen MR) is 104 cm³/mol. The van der Waals surface area contributed by atoms with Crippen LogP contribution >= 0.6 is 12.4 Å². The molecule has 4 nitrogen and oxygen atoms in total. The summed E-state index contributed by atoms with van der Waals surface area (Å²) >= 11 is 0. The van der Waals surface area contributed by atoms with E-state index in [1.54, 1.807) is 12.1 Å². The van der Waals surface area contributed by atoms with E-state index < -0.39 is 0 Å². The lowest BCUT2D eigenvalue weighted by Gasteiger charge is -2.20. The molecule has 26 heavy (non-hydrogen) atoms. The van der Waals surface area contributed by atoms with Gasteiger partial charge in [-0.3, -0.25) is 4.79 Å². The number of carbonyl (C=O) groups excluding carboxylic acids is 1. The Bertz CT molecular complexity index is 682. The molecule has 0 spiro atoms. The monoisotopic (exact) mass is 380 g/mol. The van der Waals surface area contributed by atoms with Crippen LogP contribution in [0.2, 0.25) is 0 Å². The van der Waals surface area contributed by atoms with Crippen LogP contribution in [0.4, 0.5) is 4.39 Å². The number of rotatable bonds is 7. The molecule has 0 aliphatic rings. The van der Waals surface area contributed by atoms with Gasteiger partial charge in [0.15, 0.2) is 6.61 Å². The number of amides is 1. The first-order chi connectivity index (χ1) is 11.8. The van der Waals surface area contributed by atoms with Gasteiger partial charge in [0.2, 0.25) is 0 Å². The lowest BCUT2D eigenvalue weighted by atomic mass is 10.1. The Morgan fingerprint density at radius 1 is 0.962 bits per heavy atom. The zero-order chi connectivity index (χ0) is 18.3. The van der Waals surface area contributed by atoms with E-state index in [9.17, 15) is 9.18 Å². The van der Waals surface area contributed by atoms with Crippen molar-refractivity contribution in [3.05, 3.63) is 65.5 Å². The van der Waals surface area contributed by atoms with Crippen LogP contribution in [-0.4, -0.2) is 18.1 Å². The summed E-state index contributed by atoms with van der Waals surface area (Å²) in [4.78, 5) is 11.7. The van der Waals surface area contributed by atoms with E-state index in [4.69, 9.17) is 4.74 Å². The van der Waals surface area contributed by atoms with Crippen LogP contribution in [0.1, 0.15) is 31.9 Å². The molecule has 1 amide bonds. The van der Waals surface area contributed by atoms with E-state index >= 15 is 0 Å². The molecule has 2 aromatic carbocycles. The molecule has 0 fully saturated rings. The summed E-state index contributed by atoms with van der Waals surface area (Å²) in [6.07, 6.45) is 0. The first kappa shape index (κ1) is 21.9. The van der Waals surface area contributed by atoms with Crippen molar-refractivity contribution < 1.29 is 13.9 Å². The summed E-state index contributed by atoms with van der Waals surface area (Å²) in [5.74, 6) is 0.291. The van der Waals surface area contributed by atoms with Gasteiger partial charge in [-0.15, -0.1) is 12.4 Å². The summed E-state index contributed by atoms with van der Waals surface area (Å²) in [6.45, 7) is 7.16. The molecule has 0 aromatic heterocycles. The Labute approximate surface area is 160 Å². The lowest BCUT2D eigenvalue weighted by molar-refractivity contribution is -0.124. The molecule has 0 atom stereocenters. The second-order valence-electron chi connectivity index (χ2n) is 6.96. The van der Waals surface area contributed by atoms with Gasteiger partial charge in [0.05, 0.1) is 0 Å². The van der Waals surface area contributed by atoms with Gasteiger partial charge in [0.25, 0.3) is 5.91 Å². The zero-order valence-corrected chi connectivity index (χ0v) is 16.2. The molecule has 0 heterocycles. The topological polar surface area (TPSA) is 50.4 Å². The number of hydrogen-bond acceptors (Lipinski definition) is 3. The second kappa shape index (κ2) is 10.1. The van der Waals surface area contributed by atoms with E-state index in [0.29, 0.717) is 18.8 Å². The molecule has 2 N–H and O–H groups in total. The molecular formula is C20H26ClFN2O2. The van der Waals surface area contributed by atoms with Crippen LogP contribution in [-0.2, 0) is 17.9 Å². The maximum Gasteiger partial charge on any atom is 0.258 e. The predicted octanol–water partition coefficient (Wildman–Crippen LogP) is 3.83. The minimum absolute atomic E-state index is 0. The maximum absolute atomic E-state index is 12.8. The minimum atomic E-state index is -0.263. The van der Waals surface area contributed by atoms with Crippen molar-refractivity contribution in [3.8, 4) is 5.75 Å². The lowest BCUT2D eigenvalue weighted by Crippen LogP contribution is -2.43. The average molecular weight is 381 g/mol. The van der Waals surface area contributed by atoms with Crippen molar-refractivity contribution in [3.63, 3.8) is 0 Å². The summed E-state index contributed by atoms with van der Waals surface area (Å²) in [6, 6.07) is 14.0. The molecule has 142 valence electrons. The standard InChI is InChI=1S/C20H25FN2O2.ClH/c1-20(2,3)23-19(24)14-25-18-10-6-16(7-11-18)13-22-12-15-4-8-17(21)9-5-15;/h4-11,22H,12-14H2,1-3H3,(H,23,24);1H. The Balaban J connectivity index is 0.00000338. The van der Waals surface area contributed by atoms with Gasteiger partial charge < -0.3 is 15.4 Å². The van der Waals surface area contributed by atoms with Gasteiger partial charge in [0.1, 0.15) is 11.6 Å². The van der Waals surface area contributed by atoms with Crippen molar-refractivity contribution >= 4 is 18.3 Å². The van der Waals surface area contributed by atoms with Crippen LogP contribution in [0, 0.1) is 5.82 Å². The van der Waals surface area contributed by atoms with E-state index in [2.05, 4.69) is 10.6 Å². The number of hydrogen-bond donors (Lipinski definition) is 2. The smallest absolute Gasteiger partial charge is 0.258 e. The van der Waals surface area contributed by atoms with Crippen LogP contribution in [0.3, 0.4) is 0 Å². The zero-order valence-electron chi connectivity index (χ0n) is 15.3. The van der Waals surface area contributed by atoms with Crippen molar-refractivity contribution in [1.29, 1.82) is 0 Å². The molecule has 0 saturated heterocycles. The highest BCUT2D eigenvalue weighted by atomic mass is 35.5. The van der Waals surface area contributed by atoms with Crippen LogP contribution < -0.4 is 15.4 Å². The first-order valence-corrected chi connectivity index (χ1v) is 8.30. The fraction of sp³-hybridized carbons (Fsp3) is 0.350. The molecule has 6 heteroatoms. The fourth-order valence-electron chi connectivity index (χ4n) is 2.26. The highest BCUT2D eigenvalue weighted by molar-refractivity contribution is 5.85. The summed E-state index contributed by atoms with van der Waals surface area (Å²) < 4.78 is 18.3. The van der Waals surface area contributed by atoms with E-state index in [1.807, 2.05) is 45.0 Å². The van der Waals surface area contributed by atoms with Gasteiger partial charge >= 0.3 is 0 Å². The largest absolute Gasteiger partial charge is 0.484 e. The first-order valence-electron chi connectivity index (χ1n) is 8.30. The molecular weight excluding hydrogens is 355 g/mol. The van der Waals surface area contributed by atoms with Crippen LogP contribution in [0.15, 0.2) is 48.5 Å². The molecule has 0 radical (unpaired) electrons. The summed E-state index contributed by atoms with van der Waals surface area (Å²) in [7, 11) is 0. The summed E-state index contributed by atoms with van der Waals surface area (Å²) in [5, 5.41) is 6.16. The van der Waals surface area contributed by atoms with Crippen molar-refractivity contribution in [2.45, 2.75) is 39.4 Å². The van der Waals surface area contributed by atoms with Crippen molar-refractivity contribution in [1.82, 2.24) is 10.6 Å². The molecule has 0 aliphatic carbocycles. The highest BCUT2D eigenvalue weighted by Crippen LogP contribution is 2.12. The normalized spacial score (nSPS) is 10.8. The quantitative estimate of drug-likeness (QED) is 0.767. The minimum Gasteiger partial charge on any atom is -0.484 e. The third kappa shape index (κ3) is 8.32. The van der Waals surface area contributed by atoms with Gasteiger partial charge in [-0.25, -0.2) is 4.39 Å². The van der Waals surface area contributed by atoms with Gasteiger partial charge in [-0.1, -0.05) is 24.3 Å². The van der Waals surface area contributed by atoms with E-state index in [1.165, 1.54) is 12.1 Å². The Kier molecular flexibility index (Phi) is 8.55. The van der Waals surface area contributed by atoms with Gasteiger partial charge in [0, 0.05) is 18.6 Å². The molecule has 2 rings (SSSR count). The van der Waals surface area contributed by atoms with Crippen molar-refractivity contribution in [2.24, 2.45) is 0 Å². The van der Waals surface area contributed by atoms with Gasteiger partial charge in [-0.2, -0.15) is 0 Å². The number of ether oxygens (including phenoxy) is 1. The molecule has 0 bridgehead atoms. The number of halogens is 2. The van der Waals surface area contributed by atoms with Crippen molar-refractivity contribution in [2.75, 3.05) is 6.61 Å². The second-order valence-corrected chi connectivity index (χ2v) is 6.96. The SMILES string of the molecule is CC(C)(C)NC(=O)COc1ccc(CNCc2ccc(F)cc2)cc1.Cl. The van der Waals surface area contributed by atoms with E-state index in [-0.39, 0.29) is 36.3 Å². The molecule has 0 aliphatic heterocycles.